The third kappa shape index (κ3) is 2.09. The van der Waals surface area contributed by atoms with Crippen LogP contribution >= 0.6 is 0 Å². The van der Waals surface area contributed by atoms with Crippen molar-refractivity contribution in [2.24, 2.45) is 0 Å². The van der Waals surface area contributed by atoms with Crippen molar-refractivity contribution in [3.63, 3.8) is 0 Å². The standard InChI is InChI=1S/C16H17N3O/c1-11-12(6-8-20-11)10-19(2)16-4-3-15(17)13-5-7-18-9-14(13)16/h3-9H,10,17H2,1-2H3. The van der Waals surface area contributed by atoms with E-state index in [1.165, 1.54) is 5.56 Å². The van der Waals surface area contributed by atoms with Gasteiger partial charge in [0, 0.05) is 53.7 Å². The van der Waals surface area contributed by atoms with Gasteiger partial charge in [-0.2, -0.15) is 0 Å². The van der Waals surface area contributed by atoms with E-state index >= 15 is 0 Å². The number of benzene rings is 1. The number of fused-ring (bicyclic) bond motifs is 1. The van der Waals surface area contributed by atoms with Crippen LogP contribution in [0.1, 0.15) is 11.3 Å². The summed E-state index contributed by atoms with van der Waals surface area (Å²) < 4.78 is 5.35. The number of aromatic nitrogens is 1. The lowest BCUT2D eigenvalue weighted by Gasteiger charge is -2.21. The topological polar surface area (TPSA) is 55.3 Å². The Bertz CT molecular complexity index is 748. The van der Waals surface area contributed by atoms with Crippen molar-refractivity contribution >= 4 is 22.1 Å². The molecule has 2 N–H and O–H groups in total. The molecule has 0 amide bonds. The molecule has 0 radical (unpaired) electrons. The van der Waals surface area contributed by atoms with Gasteiger partial charge < -0.3 is 15.1 Å². The molecule has 0 saturated carbocycles. The predicted octanol–water partition coefficient (Wildman–Crippen LogP) is 3.35. The molecule has 0 bridgehead atoms. The number of rotatable bonds is 3. The number of furan rings is 1. The van der Waals surface area contributed by atoms with Gasteiger partial charge in [0.15, 0.2) is 0 Å². The van der Waals surface area contributed by atoms with Gasteiger partial charge in [0.25, 0.3) is 0 Å². The summed E-state index contributed by atoms with van der Waals surface area (Å²) in [5.41, 5.74) is 9.10. The molecule has 2 heterocycles. The molecule has 0 aliphatic carbocycles. The van der Waals surface area contributed by atoms with Gasteiger partial charge in [-0.05, 0) is 31.2 Å². The van der Waals surface area contributed by atoms with Crippen molar-refractivity contribution in [2.75, 3.05) is 17.7 Å². The summed E-state index contributed by atoms with van der Waals surface area (Å²) in [5.74, 6) is 0.953. The average molecular weight is 267 g/mol. The van der Waals surface area contributed by atoms with Gasteiger partial charge in [0.2, 0.25) is 0 Å². The second-order valence-electron chi connectivity index (χ2n) is 4.95. The highest BCUT2D eigenvalue weighted by Gasteiger charge is 2.10. The maximum atomic E-state index is 6.02. The van der Waals surface area contributed by atoms with E-state index in [0.29, 0.717) is 0 Å². The van der Waals surface area contributed by atoms with Crippen LogP contribution in [0, 0.1) is 6.92 Å². The summed E-state index contributed by atoms with van der Waals surface area (Å²) >= 11 is 0. The van der Waals surface area contributed by atoms with Crippen molar-refractivity contribution < 1.29 is 4.42 Å². The highest BCUT2D eigenvalue weighted by Crippen LogP contribution is 2.30. The van der Waals surface area contributed by atoms with E-state index in [2.05, 4.69) is 16.9 Å². The Morgan fingerprint density at radius 1 is 1.20 bits per heavy atom. The van der Waals surface area contributed by atoms with E-state index < -0.39 is 0 Å². The minimum atomic E-state index is 0.777. The molecule has 3 aromatic rings. The van der Waals surface area contributed by atoms with E-state index in [1.807, 2.05) is 37.4 Å². The fourth-order valence-electron chi connectivity index (χ4n) is 2.45. The lowest BCUT2D eigenvalue weighted by Crippen LogP contribution is -2.17. The zero-order chi connectivity index (χ0) is 14.1. The average Bonchev–Trinajstić information content (AvgIpc) is 2.85. The number of nitrogen functional groups attached to an aromatic ring is 1. The van der Waals surface area contributed by atoms with Crippen LogP contribution in [-0.2, 0) is 6.54 Å². The summed E-state index contributed by atoms with van der Waals surface area (Å²) in [5, 5.41) is 2.10. The minimum Gasteiger partial charge on any atom is -0.469 e. The number of anilines is 2. The van der Waals surface area contributed by atoms with Gasteiger partial charge in [-0.1, -0.05) is 0 Å². The SMILES string of the molecule is Cc1occc1CN(C)c1ccc(N)c2ccncc12. The van der Waals surface area contributed by atoms with Gasteiger partial charge in [-0.25, -0.2) is 0 Å². The molecular weight excluding hydrogens is 250 g/mol. The second-order valence-corrected chi connectivity index (χ2v) is 4.95. The number of aryl methyl sites for hydroxylation is 1. The van der Waals surface area contributed by atoms with Crippen LogP contribution in [0.2, 0.25) is 0 Å². The summed E-state index contributed by atoms with van der Waals surface area (Å²) in [4.78, 5) is 6.39. The van der Waals surface area contributed by atoms with Crippen molar-refractivity contribution in [2.45, 2.75) is 13.5 Å². The Hall–Kier alpha value is -2.49. The lowest BCUT2D eigenvalue weighted by atomic mass is 10.1. The molecule has 1 aromatic carbocycles. The number of hydrogen-bond donors (Lipinski definition) is 1. The first kappa shape index (κ1) is 12.5. The summed E-state index contributed by atoms with van der Waals surface area (Å²) in [6.07, 6.45) is 5.35. The van der Waals surface area contributed by atoms with E-state index in [4.69, 9.17) is 10.2 Å². The quantitative estimate of drug-likeness (QED) is 0.739. The molecule has 0 fully saturated rings. The molecule has 0 spiro atoms. The van der Waals surface area contributed by atoms with Gasteiger partial charge in [0.05, 0.1) is 6.26 Å². The van der Waals surface area contributed by atoms with Crippen molar-refractivity contribution in [3.8, 4) is 0 Å². The zero-order valence-electron chi connectivity index (χ0n) is 11.6. The molecule has 0 aliphatic heterocycles. The van der Waals surface area contributed by atoms with Gasteiger partial charge in [-0.15, -0.1) is 0 Å². The lowest BCUT2D eigenvalue weighted by molar-refractivity contribution is 0.529. The van der Waals surface area contributed by atoms with Crippen molar-refractivity contribution in [1.82, 2.24) is 4.98 Å². The first-order valence-electron chi connectivity index (χ1n) is 6.53. The maximum absolute atomic E-state index is 6.02. The van der Waals surface area contributed by atoms with E-state index in [-0.39, 0.29) is 0 Å². The smallest absolute Gasteiger partial charge is 0.105 e. The molecule has 0 atom stereocenters. The number of nitrogens with zero attached hydrogens (tertiary/aromatic N) is 2. The highest BCUT2D eigenvalue weighted by molar-refractivity contribution is 6.00. The molecule has 4 nitrogen and oxygen atoms in total. The first-order chi connectivity index (χ1) is 9.66. The summed E-state index contributed by atoms with van der Waals surface area (Å²) in [6, 6.07) is 7.93. The molecule has 20 heavy (non-hydrogen) atoms. The molecule has 4 heteroatoms. The number of pyridine rings is 1. The summed E-state index contributed by atoms with van der Waals surface area (Å²) in [6.45, 7) is 2.77. The molecular formula is C16H17N3O. The Labute approximate surface area is 117 Å². The fourth-order valence-corrected chi connectivity index (χ4v) is 2.45. The van der Waals surface area contributed by atoms with Crippen LogP contribution in [0.15, 0.2) is 47.3 Å². The van der Waals surface area contributed by atoms with Crippen LogP contribution in [0.4, 0.5) is 11.4 Å². The fraction of sp³-hybridized carbons (Fsp3) is 0.188. The van der Waals surface area contributed by atoms with Crippen LogP contribution in [-0.4, -0.2) is 12.0 Å². The van der Waals surface area contributed by atoms with Crippen LogP contribution < -0.4 is 10.6 Å². The largest absolute Gasteiger partial charge is 0.469 e. The van der Waals surface area contributed by atoms with E-state index in [9.17, 15) is 0 Å². The Morgan fingerprint density at radius 2 is 2.05 bits per heavy atom. The number of nitrogens with two attached hydrogens (primary N) is 1. The Morgan fingerprint density at radius 3 is 2.80 bits per heavy atom. The first-order valence-corrected chi connectivity index (χ1v) is 6.53. The van der Waals surface area contributed by atoms with Gasteiger partial charge in [0.1, 0.15) is 5.76 Å². The normalized spacial score (nSPS) is 10.9. The molecule has 3 rings (SSSR count). The van der Waals surface area contributed by atoms with Crippen LogP contribution in [0.25, 0.3) is 10.8 Å². The van der Waals surface area contributed by atoms with Crippen molar-refractivity contribution in [3.05, 3.63) is 54.2 Å². The molecule has 102 valence electrons. The molecule has 0 unspecified atom stereocenters. The van der Waals surface area contributed by atoms with E-state index in [1.54, 1.807) is 12.5 Å². The predicted molar refractivity (Wildman–Crippen MR) is 81.7 cm³/mol. The van der Waals surface area contributed by atoms with Crippen molar-refractivity contribution in [1.29, 1.82) is 0 Å². The minimum absolute atomic E-state index is 0.777. The van der Waals surface area contributed by atoms with Crippen LogP contribution in [0.3, 0.4) is 0 Å². The molecule has 0 saturated heterocycles. The number of hydrogen-bond acceptors (Lipinski definition) is 4. The third-order valence-electron chi connectivity index (χ3n) is 3.61. The zero-order valence-corrected chi connectivity index (χ0v) is 11.6. The van der Waals surface area contributed by atoms with E-state index in [0.717, 1.165) is 34.5 Å². The Balaban J connectivity index is 2.02. The highest BCUT2D eigenvalue weighted by atomic mass is 16.3. The molecule has 2 aromatic heterocycles. The third-order valence-corrected chi connectivity index (χ3v) is 3.61. The van der Waals surface area contributed by atoms with Crippen LogP contribution in [0.5, 0.6) is 0 Å². The molecule has 0 aliphatic rings. The Kier molecular flexibility index (Phi) is 3.06. The van der Waals surface area contributed by atoms with Gasteiger partial charge in [-0.3, -0.25) is 4.98 Å². The maximum Gasteiger partial charge on any atom is 0.105 e. The summed E-state index contributed by atoms with van der Waals surface area (Å²) in [7, 11) is 2.06. The van der Waals surface area contributed by atoms with Gasteiger partial charge >= 0.3 is 0 Å². The monoisotopic (exact) mass is 267 g/mol. The second kappa shape index (κ2) is 4.89.